The van der Waals surface area contributed by atoms with Crippen molar-refractivity contribution in [3.63, 3.8) is 0 Å². The summed E-state index contributed by atoms with van der Waals surface area (Å²) in [6.45, 7) is 6.08. The number of nitrogens with one attached hydrogen (secondary N) is 1. The maximum Gasteiger partial charge on any atom is 0.147 e. The van der Waals surface area contributed by atoms with E-state index < -0.39 is 0 Å². The minimum Gasteiger partial charge on any atom is -0.353 e. The van der Waals surface area contributed by atoms with Gasteiger partial charge in [-0.05, 0) is 13.8 Å². The lowest BCUT2D eigenvalue weighted by Crippen LogP contribution is -2.56. The molecular weight excluding hydrogens is 176 g/mol. The van der Waals surface area contributed by atoms with Gasteiger partial charge in [0.05, 0.1) is 23.6 Å². The molecule has 0 unspecified atom stereocenters. The molecule has 1 N–H and O–H groups in total. The van der Waals surface area contributed by atoms with Crippen LogP contribution in [0.15, 0.2) is 6.20 Å². The summed E-state index contributed by atoms with van der Waals surface area (Å²) in [5, 5.41) is 3.25. The maximum atomic E-state index is 4.51. The highest BCUT2D eigenvalue weighted by atomic mass is 15.3. The van der Waals surface area contributed by atoms with E-state index in [4.69, 9.17) is 0 Å². The first-order valence-electron chi connectivity index (χ1n) is 4.92. The summed E-state index contributed by atoms with van der Waals surface area (Å²) in [7, 11) is 2.07. The van der Waals surface area contributed by atoms with Gasteiger partial charge in [0, 0.05) is 20.1 Å². The molecule has 14 heavy (non-hydrogen) atoms. The minimum atomic E-state index is 0.575. The molecule has 1 fully saturated rings. The fraction of sp³-hybridized carbons (Fsp3) is 0.600. The van der Waals surface area contributed by atoms with Gasteiger partial charge < -0.3 is 10.2 Å². The van der Waals surface area contributed by atoms with E-state index in [1.807, 2.05) is 20.0 Å². The van der Waals surface area contributed by atoms with Crippen LogP contribution >= 0.6 is 0 Å². The van der Waals surface area contributed by atoms with Gasteiger partial charge in [0.25, 0.3) is 0 Å². The molecule has 0 amide bonds. The van der Waals surface area contributed by atoms with Crippen LogP contribution in [0.2, 0.25) is 0 Å². The second kappa shape index (κ2) is 3.53. The summed E-state index contributed by atoms with van der Waals surface area (Å²) in [5.41, 5.74) is 2.02. The summed E-state index contributed by atoms with van der Waals surface area (Å²) >= 11 is 0. The van der Waals surface area contributed by atoms with E-state index in [0.29, 0.717) is 6.04 Å². The van der Waals surface area contributed by atoms with Gasteiger partial charge >= 0.3 is 0 Å². The zero-order valence-electron chi connectivity index (χ0n) is 8.91. The molecule has 76 valence electrons. The number of aromatic nitrogens is 2. The molecule has 1 aliphatic heterocycles. The number of anilines is 1. The van der Waals surface area contributed by atoms with Crippen molar-refractivity contribution < 1.29 is 0 Å². The van der Waals surface area contributed by atoms with Crippen molar-refractivity contribution >= 4 is 5.82 Å². The predicted molar refractivity (Wildman–Crippen MR) is 56.6 cm³/mol. The van der Waals surface area contributed by atoms with Crippen molar-refractivity contribution in [2.45, 2.75) is 19.9 Å². The molecule has 1 saturated heterocycles. The predicted octanol–water partition coefficient (Wildman–Crippen LogP) is 0.501. The van der Waals surface area contributed by atoms with Crippen molar-refractivity contribution in [2.75, 3.05) is 25.0 Å². The number of nitrogens with zero attached hydrogens (tertiary/aromatic N) is 3. The van der Waals surface area contributed by atoms with Crippen molar-refractivity contribution in [1.29, 1.82) is 0 Å². The molecule has 2 rings (SSSR count). The lowest BCUT2D eigenvalue weighted by molar-refractivity contribution is 0.426. The Bertz CT molecular complexity index is 333. The highest BCUT2D eigenvalue weighted by Crippen LogP contribution is 2.14. The number of likely N-dealkylation sites (N-methyl/N-ethyl adjacent to an activating group) is 1. The van der Waals surface area contributed by atoms with Crippen LogP contribution in [0.4, 0.5) is 5.82 Å². The monoisotopic (exact) mass is 192 g/mol. The van der Waals surface area contributed by atoms with Gasteiger partial charge in [-0.25, -0.2) is 4.98 Å². The van der Waals surface area contributed by atoms with Gasteiger partial charge in [-0.2, -0.15) is 0 Å². The zero-order valence-corrected chi connectivity index (χ0v) is 8.91. The van der Waals surface area contributed by atoms with Crippen LogP contribution in [-0.4, -0.2) is 36.1 Å². The van der Waals surface area contributed by atoms with E-state index in [0.717, 1.165) is 30.3 Å². The molecule has 0 spiro atoms. The van der Waals surface area contributed by atoms with Crippen molar-refractivity contribution in [3.8, 4) is 0 Å². The van der Waals surface area contributed by atoms with Gasteiger partial charge in [-0.3, -0.25) is 4.98 Å². The molecule has 0 atom stereocenters. The Kier molecular flexibility index (Phi) is 2.37. The molecule has 1 aliphatic rings. The third kappa shape index (κ3) is 1.57. The minimum absolute atomic E-state index is 0.575. The van der Waals surface area contributed by atoms with Crippen LogP contribution in [0.3, 0.4) is 0 Å². The number of hydrogen-bond donors (Lipinski definition) is 1. The summed E-state index contributed by atoms with van der Waals surface area (Å²) in [6.07, 6.45) is 1.85. The molecule has 1 aromatic rings. The van der Waals surface area contributed by atoms with Gasteiger partial charge in [-0.15, -0.1) is 0 Å². The van der Waals surface area contributed by atoms with Gasteiger partial charge in [0.1, 0.15) is 5.82 Å². The van der Waals surface area contributed by atoms with Gasteiger partial charge in [0.2, 0.25) is 0 Å². The lowest BCUT2D eigenvalue weighted by atomic mass is 10.1. The first kappa shape index (κ1) is 9.40. The van der Waals surface area contributed by atoms with Crippen LogP contribution in [0.1, 0.15) is 11.4 Å². The molecule has 2 heterocycles. The Balaban J connectivity index is 2.18. The van der Waals surface area contributed by atoms with Gasteiger partial charge in [0.15, 0.2) is 0 Å². The van der Waals surface area contributed by atoms with E-state index in [-0.39, 0.29) is 0 Å². The zero-order chi connectivity index (χ0) is 10.1. The molecular formula is C10H16N4. The standard InChI is InChI=1S/C10H16N4/c1-7-8(2)13-10(6-12-7)14(3)9-4-11-5-9/h6,9,11H,4-5H2,1-3H3. The molecule has 0 saturated carbocycles. The Labute approximate surface area is 84.4 Å². The Hall–Kier alpha value is -1.16. The SMILES string of the molecule is Cc1ncc(N(C)C2CNC2)nc1C. The summed E-state index contributed by atoms with van der Waals surface area (Å²) < 4.78 is 0. The largest absolute Gasteiger partial charge is 0.353 e. The average molecular weight is 192 g/mol. The first-order valence-corrected chi connectivity index (χ1v) is 4.92. The second-order valence-corrected chi connectivity index (χ2v) is 3.82. The summed E-state index contributed by atoms with van der Waals surface area (Å²) in [4.78, 5) is 11.0. The van der Waals surface area contributed by atoms with E-state index in [2.05, 4.69) is 27.2 Å². The topological polar surface area (TPSA) is 41.1 Å². The van der Waals surface area contributed by atoms with Crippen LogP contribution in [0.5, 0.6) is 0 Å². The Morgan fingerprint density at radius 1 is 1.36 bits per heavy atom. The number of hydrogen-bond acceptors (Lipinski definition) is 4. The fourth-order valence-electron chi connectivity index (χ4n) is 1.43. The van der Waals surface area contributed by atoms with Crippen molar-refractivity contribution in [3.05, 3.63) is 17.6 Å². The third-order valence-corrected chi connectivity index (χ3v) is 2.85. The molecule has 0 radical (unpaired) electrons. The van der Waals surface area contributed by atoms with Gasteiger partial charge in [-0.1, -0.05) is 0 Å². The Morgan fingerprint density at radius 2 is 2.07 bits per heavy atom. The summed E-state index contributed by atoms with van der Waals surface area (Å²) in [6, 6.07) is 0.575. The molecule has 0 aromatic carbocycles. The molecule has 4 nitrogen and oxygen atoms in total. The van der Waals surface area contributed by atoms with Crippen LogP contribution < -0.4 is 10.2 Å². The first-order chi connectivity index (χ1) is 6.68. The quantitative estimate of drug-likeness (QED) is 0.741. The second-order valence-electron chi connectivity index (χ2n) is 3.82. The van der Waals surface area contributed by atoms with Crippen LogP contribution in [0.25, 0.3) is 0 Å². The molecule has 4 heteroatoms. The van der Waals surface area contributed by atoms with E-state index in [1.54, 1.807) is 0 Å². The highest BCUT2D eigenvalue weighted by molar-refractivity contribution is 5.38. The molecule has 0 aliphatic carbocycles. The smallest absolute Gasteiger partial charge is 0.147 e. The Morgan fingerprint density at radius 3 is 2.57 bits per heavy atom. The summed E-state index contributed by atoms with van der Waals surface area (Å²) in [5.74, 6) is 0.972. The molecule has 1 aromatic heterocycles. The van der Waals surface area contributed by atoms with Crippen molar-refractivity contribution in [1.82, 2.24) is 15.3 Å². The number of rotatable bonds is 2. The van der Waals surface area contributed by atoms with E-state index in [9.17, 15) is 0 Å². The van der Waals surface area contributed by atoms with E-state index in [1.165, 1.54) is 0 Å². The maximum absolute atomic E-state index is 4.51. The van der Waals surface area contributed by atoms with Crippen molar-refractivity contribution in [2.24, 2.45) is 0 Å². The van der Waals surface area contributed by atoms with E-state index >= 15 is 0 Å². The molecule has 0 bridgehead atoms. The third-order valence-electron chi connectivity index (χ3n) is 2.85. The lowest BCUT2D eigenvalue weighted by Gasteiger charge is -2.36. The average Bonchev–Trinajstić information content (AvgIpc) is 2.06. The normalized spacial score (nSPS) is 16.5. The fourth-order valence-corrected chi connectivity index (χ4v) is 1.43. The van der Waals surface area contributed by atoms with Crippen LogP contribution in [0, 0.1) is 13.8 Å². The van der Waals surface area contributed by atoms with Crippen LogP contribution in [-0.2, 0) is 0 Å². The highest BCUT2D eigenvalue weighted by Gasteiger charge is 2.22. The number of aryl methyl sites for hydroxylation is 2.